The molecule has 1 rings (SSSR count). The molecule has 0 radical (unpaired) electrons. The first kappa shape index (κ1) is 12.0. The van der Waals surface area contributed by atoms with Crippen LogP contribution in [0.15, 0.2) is 0 Å². The fourth-order valence-electron chi connectivity index (χ4n) is 1.89. The zero-order chi connectivity index (χ0) is 10.4. The molecule has 3 nitrogen and oxygen atoms in total. The van der Waals surface area contributed by atoms with Crippen molar-refractivity contribution in [2.75, 3.05) is 26.2 Å². The van der Waals surface area contributed by atoms with Gasteiger partial charge in [0, 0.05) is 19.1 Å². The first-order valence-electron chi connectivity index (χ1n) is 5.83. The Labute approximate surface area is 87.6 Å². The van der Waals surface area contributed by atoms with Gasteiger partial charge in [-0.15, -0.1) is 0 Å². The van der Waals surface area contributed by atoms with Crippen molar-refractivity contribution in [3.8, 4) is 0 Å². The van der Waals surface area contributed by atoms with Gasteiger partial charge >= 0.3 is 0 Å². The fraction of sp³-hybridized carbons (Fsp3) is 1.00. The van der Waals surface area contributed by atoms with E-state index in [-0.39, 0.29) is 6.10 Å². The SMILES string of the molecule is CCCCCN1CC(CN)OCC1C. The number of nitrogens with zero attached hydrogens (tertiary/aromatic N) is 1. The molecule has 0 saturated carbocycles. The van der Waals surface area contributed by atoms with E-state index in [1.807, 2.05) is 0 Å². The Balaban J connectivity index is 2.25. The first-order valence-corrected chi connectivity index (χ1v) is 5.83. The minimum absolute atomic E-state index is 0.257. The molecule has 0 bridgehead atoms. The van der Waals surface area contributed by atoms with Gasteiger partial charge in [0.1, 0.15) is 0 Å². The summed E-state index contributed by atoms with van der Waals surface area (Å²) in [5, 5.41) is 0. The second-order valence-electron chi connectivity index (χ2n) is 4.24. The number of unbranched alkanes of at least 4 members (excludes halogenated alkanes) is 2. The fourth-order valence-corrected chi connectivity index (χ4v) is 1.89. The summed E-state index contributed by atoms with van der Waals surface area (Å²) in [7, 11) is 0. The second kappa shape index (κ2) is 6.38. The molecular weight excluding hydrogens is 176 g/mol. The molecule has 2 N–H and O–H groups in total. The number of hydrogen-bond acceptors (Lipinski definition) is 3. The van der Waals surface area contributed by atoms with Crippen LogP contribution in [0.5, 0.6) is 0 Å². The minimum atomic E-state index is 0.257. The van der Waals surface area contributed by atoms with Gasteiger partial charge in [-0.25, -0.2) is 0 Å². The maximum Gasteiger partial charge on any atom is 0.0824 e. The van der Waals surface area contributed by atoms with E-state index in [1.54, 1.807) is 0 Å². The molecule has 0 aromatic carbocycles. The Hall–Kier alpha value is -0.120. The smallest absolute Gasteiger partial charge is 0.0824 e. The highest BCUT2D eigenvalue weighted by Gasteiger charge is 2.24. The number of rotatable bonds is 5. The lowest BCUT2D eigenvalue weighted by molar-refractivity contribution is -0.0537. The summed E-state index contributed by atoms with van der Waals surface area (Å²) in [6.45, 7) is 8.19. The molecule has 0 amide bonds. The van der Waals surface area contributed by atoms with Crippen LogP contribution < -0.4 is 5.73 Å². The number of morpholine rings is 1. The quantitative estimate of drug-likeness (QED) is 0.678. The molecule has 3 heteroatoms. The van der Waals surface area contributed by atoms with E-state index in [2.05, 4.69) is 18.7 Å². The Bertz CT molecular complexity index is 152. The molecule has 1 fully saturated rings. The molecule has 1 aliphatic heterocycles. The van der Waals surface area contributed by atoms with Crippen LogP contribution in [0.2, 0.25) is 0 Å². The summed E-state index contributed by atoms with van der Waals surface area (Å²) < 4.78 is 5.61. The summed E-state index contributed by atoms with van der Waals surface area (Å²) in [5.41, 5.74) is 5.61. The zero-order valence-electron chi connectivity index (χ0n) is 9.54. The van der Waals surface area contributed by atoms with Crippen LogP contribution in [0.4, 0.5) is 0 Å². The number of ether oxygens (including phenoxy) is 1. The van der Waals surface area contributed by atoms with Gasteiger partial charge in [0.25, 0.3) is 0 Å². The van der Waals surface area contributed by atoms with E-state index in [9.17, 15) is 0 Å². The van der Waals surface area contributed by atoms with Crippen LogP contribution in [-0.4, -0.2) is 43.3 Å². The maximum absolute atomic E-state index is 5.61. The van der Waals surface area contributed by atoms with Crippen LogP contribution in [0.1, 0.15) is 33.1 Å². The van der Waals surface area contributed by atoms with Crippen molar-refractivity contribution >= 4 is 0 Å². The van der Waals surface area contributed by atoms with Crippen molar-refractivity contribution < 1.29 is 4.74 Å². The lowest BCUT2D eigenvalue weighted by Gasteiger charge is -2.37. The van der Waals surface area contributed by atoms with Gasteiger partial charge in [0.15, 0.2) is 0 Å². The number of nitrogens with two attached hydrogens (primary N) is 1. The third-order valence-corrected chi connectivity index (χ3v) is 2.95. The lowest BCUT2D eigenvalue weighted by atomic mass is 10.1. The summed E-state index contributed by atoms with van der Waals surface area (Å²) in [6, 6.07) is 0.564. The first-order chi connectivity index (χ1) is 6.77. The molecule has 0 aliphatic carbocycles. The summed E-state index contributed by atoms with van der Waals surface area (Å²) in [5.74, 6) is 0. The summed E-state index contributed by atoms with van der Waals surface area (Å²) in [6.07, 6.45) is 4.18. The van der Waals surface area contributed by atoms with E-state index in [0.29, 0.717) is 12.6 Å². The molecule has 1 saturated heterocycles. The van der Waals surface area contributed by atoms with E-state index < -0.39 is 0 Å². The van der Waals surface area contributed by atoms with Crippen LogP contribution in [0, 0.1) is 0 Å². The van der Waals surface area contributed by atoms with E-state index in [0.717, 1.165) is 13.2 Å². The predicted molar refractivity (Wildman–Crippen MR) is 59.4 cm³/mol. The van der Waals surface area contributed by atoms with Crippen LogP contribution >= 0.6 is 0 Å². The summed E-state index contributed by atoms with van der Waals surface area (Å²) >= 11 is 0. The topological polar surface area (TPSA) is 38.5 Å². The van der Waals surface area contributed by atoms with Gasteiger partial charge in [-0.3, -0.25) is 4.90 Å². The molecule has 1 heterocycles. The predicted octanol–water partition coefficient (Wildman–Crippen LogP) is 1.22. The Morgan fingerprint density at radius 1 is 1.43 bits per heavy atom. The Kier molecular flexibility index (Phi) is 5.45. The van der Waals surface area contributed by atoms with Crippen molar-refractivity contribution in [1.29, 1.82) is 0 Å². The highest BCUT2D eigenvalue weighted by molar-refractivity contribution is 4.77. The monoisotopic (exact) mass is 200 g/mol. The lowest BCUT2D eigenvalue weighted by Crippen LogP contribution is -2.50. The Morgan fingerprint density at radius 2 is 2.21 bits per heavy atom. The van der Waals surface area contributed by atoms with Crippen molar-refractivity contribution in [2.45, 2.75) is 45.3 Å². The van der Waals surface area contributed by atoms with E-state index in [4.69, 9.17) is 10.5 Å². The zero-order valence-corrected chi connectivity index (χ0v) is 9.54. The van der Waals surface area contributed by atoms with Crippen molar-refractivity contribution in [3.05, 3.63) is 0 Å². The van der Waals surface area contributed by atoms with E-state index >= 15 is 0 Å². The highest BCUT2D eigenvalue weighted by atomic mass is 16.5. The third kappa shape index (κ3) is 3.56. The normalized spacial score (nSPS) is 29.4. The molecule has 0 aromatic heterocycles. The standard InChI is InChI=1S/C11H24N2O/c1-3-4-5-6-13-8-11(7-12)14-9-10(13)2/h10-11H,3-9,12H2,1-2H3. The highest BCUT2D eigenvalue weighted by Crippen LogP contribution is 2.12. The van der Waals surface area contributed by atoms with Crippen LogP contribution in [-0.2, 0) is 4.74 Å². The van der Waals surface area contributed by atoms with Gasteiger partial charge < -0.3 is 10.5 Å². The molecule has 1 aliphatic rings. The van der Waals surface area contributed by atoms with Crippen molar-refractivity contribution in [3.63, 3.8) is 0 Å². The third-order valence-electron chi connectivity index (χ3n) is 2.95. The van der Waals surface area contributed by atoms with Gasteiger partial charge in [-0.1, -0.05) is 19.8 Å². The Morgan fingerprint density at radius 3 is 2.86 bits per heavy atom. The molecule has 2 atom stereocenters. The van der Waals surface area contributed by atoms with E-state index in [1.165, 1.54) is 25.8 Å². The molecular formula is C11H24N2O. The van der Waals surface area contributed by atoms with Gasteiger partial charge in [0.2, 0.25) is 0 Å². The van der Waals surface area contributed by atoms with Gasteiger partial charge in [-0.2, -0.15) is 0 Å². The molecule has 0 spiro atoms. The largest absolute Gasteiger partial charge is 0.374 e. The molecule has 14 heavy (non-hydrogen) atoms. The molecule has 0 aromatic rings. The van der Waals surface area contributed by atoms with Gasteiger partial charge in [0.05, 0.1) is 12.7 Å². The van der Waals surface area contributed by atoms with Crippen molar-refractivity contribution in [2.24, 2.45) is 5.73 Å². The average Bonchev–Trinajstić information content (AvgIpc) is 2.21. The maximum atomic E-state index is 5.61. The molecule has 84 valence electrons. The summed E-state index contributed by atoms with van der Waals surface area (Å²) in [4.78, 5) is 2.51. The average molecular weight is 200 g/mol. The minimum Gasteiger partial charge on any atom is -0.374 e. The second-order valence-corrected chi connectivity index (χ2v) is 4.24. The molecule has 2 unspecified atom stereocenters. The van der Waals surface area contributed by atoms with Crippen LogP contribution in [0.3, 0.4) is 0 Å². The van der Waals surface area contributed by atoms with Crippen molar-refractivity contribution in [1.82, 2.24) is 4.90 Å². The van der Waals surface area contributed by atoms with Gasteiger partial charge in [-0.05, 0) is 19.9 Å². The number of hydrogen-bond donors (Lipinski definition) is 1. The van der Waals surface area contributed by atoms with Crippen LogP contribution in [0.25, 0.3) is 0 Å².